The van der Waals surface area contributed by atoms with Crippen LogP contribution in [-0.2, 0) is 0 Å². The van der Waals surface area contributed by atoms with E-state index in [0.717, 1.165) is 10.4 Å². The van der Waals surface area contributed by atoms with Gasteiger partial charge in [0.15, 0.2) is 11.5 Å². The van der Waals surface area contributed by atoms with Crippen molar-refractivity contribution in [2.24, 2.45) is 5.92 Å². The Morgan fingerprint density at radius 2 is 2.04 bits per heavy atom. The van der Waals surface area contributed by atoms with Crippen LogP contribution < -0.4 is 10.1 Å². The number of carbonyl (C=O) groups excluding carboxylic acids is 1. The fourth-order valence-electron chi connectivity index (χ4n) is 2.61. The molecule has 1 amide bonds. The number of nitrogens with one attached hydrogen (secondary N) is 1. The number of aromatic nitrogens is 1. The zero-order valence-corrected chi connectivity index (χ0v) is 15.2. The molecule has 3 rings (SSSR count). The average Bonchev–Trinajstić information content (AvgIpc) is 3.30. The molecule has 5 nitrogen and oxygen atoms in total. The summed E-state index contributed by atoms with van der Waals surface area (Å²) in [6.45, 7) is 4.15. The van der Waals surface area contributed by atoms with Crippen LogP contribution in [-0.4, -0.2) is 18.2 Å². The van der Waals surface area contributed by atoms with Gasteiger partial charge in [-0.05, 0) is 29.5 Å². The molecule has 0 radical (unpaired) electrons. The van der Waals surface area contributed by atoms with E-state index in [1.54, 1.807) is 24.5 Å². The first-order valence-corrected chi connectivity index (χ1v) is 8.92. The summed E-state index contributed by atoms with van der Waals surface area (Å²) >= 11 is 1.63. The quantitative estimate of drug-likeness (QED) is 0.704. The molecule has 0 aliphatic rings. The van der Waals surface area contributed by atoms with Gasteiger partial charge in [0.25, 0.3) is 5.91 Å². The van der Waals surface area contributed by atoms with Crippen molar-refractivity contribution in [2.45, 2.75) is 19.9 Å². The molecule has 0 saturated heterocycles. The molecule has 6 heteroatoms. The maximum atomic E-state index is 12.6. The van der Waals surface area contributed by atoms with Gasteiger partial charge >= 0.3 is 0 Å². The maximum Gasteiger partial charge on any atom is 0.274 e. The number of methoxy groups -OCH3 is 1. The van der Waals surface area contributed by atoms with Crippen LogP contribution in [0, 0.1) is 5.92 Å². The van der Waals surface area contributed by atoms with E-state index in [1.807, 2.05) is 41.8 Å². The molecular formula is C19H20N2O3S. The highest BCUT2D eigenvalue weighted by atomic mass is 32.1. The molecular weight excluding hydrogens is 336 g/mol. The molecule has 0 aliphatic heterocycles. The Morgan fingerprint density at radius 1 is 1.24 bits per heavy atom. The summed E-state index contributed by atoms with van der Waals surface area (Å²) in [7, 11) is 1.59. The van der Waals surface area contributed by atoms with Gasteiger partial charge in [-0.15, -0.1) is 11.3 Å². The summed E-state index contributed by atoms with van der Waals surface area (Å²) in [6, 6.07) is 13.0. The van der Waals surface area contributed by atoms with Gasteiger partial charge in [0, 0.05) is 10.9 Å². The van der Waals surface area contributed by atoms with Gasteiger partial charge in [-0.3, -0.25) is 4.79 Å². The first kappa shape index (κ1) is 17.2. The summed E-state index contributed by atoms with van der Waals surface area (Å²) in [5, 5.41) is 8.98. The van der Waals surface area contributed by atoms with Gasteiger partial charge in [-0.25, -0.2) is 0 Å². The largest absolute Gasteiger partial charge is 0.496 e. The van der Waals surface area contributed by atoms with E-state index >= 15 is 0 Å². The van der Waals surface area contributed by atoms with Crippen molar-refractivity contribution >= 4 is 17.2 Å². The van der Waals surface area contributed by atoms with E-state index in [-0.39, 0.29) is 23.6 Å². The van der Waals surface area contributed by atoms with E-state index in [4.69, 9.17) is 9.26 Å². The smallest absolute Gasteiger partial charge is 0.274 e. The van der Waals surface area contributed by atoms with Crippen molar-refractivity contribution < 1.29 is 14.1 Å². The van der Waals surface area contributed by atoms with Crippen molar-refractivity contribution in [1.82, 2.24) is 10.5 Å². The standard InChI is InChI=1S/C19H20N2O3S/c1-12(2)18(17-9-6-10-25-17)20-19(22)14-11-16(24-21-14)13-7-4-5-8-15(13)23-3/h4-12,18H,1-3H3,(H,20,22)/t18-/m1/s1. The summed E-state index contributed by atoms with van der Waals surface area (Å²) in [5.41, 5.74) is 1.01. The highest BCUT2D eigenvalue weighted by molar-refractivity contribution is 7.10. The predicted molar refractivity (Wildman–Crippen MR) is 97.9 cm³/mol. The van der Waals surface area contributed by atoms with Crippen LogP contribution in [0.25, 0.3) is 11.3 Å². The number of hydrogen-bond donors (Lipinski definition) is 1. The van der Waals surface area contributed by atoms with Gasteiger partial charge < -0.3 is 14.6 Å². The number of nitrogens with zero attached hydrogens (tertiary/aromatic N) is 1. The lowest BCUT2D eigenvalue weighted by Crippen LogP contribution is -2.31. The van der Waals surface area contributed by atoms with Crippen molar-refractivity contribution in [2.75, 3.05) is 7.11 Å². The van der Waals surface area contributed by atoms with Gasteiger partial charge in [-0.1, -0.05) is 37.2 Å². The zero-order valence-electron chi connectivity index (χ0n) is 14.4. The zero-order chi connectivity index (χ0) is 17.8. The van der Waals surface area contributed by atoms with Crippen molar-refractivity contribution in [3.8, 4) is 17.1 Å². The van der Waals surface area contributed by atoms with Crippen molar-refractivity contribution in [3.63, 3.8) is 0 Å². The number of benzene rings is 1. The fraction of sp³-hybridized carbons (Fsp3) is 0.263. The van der Waals surface area contributed by atoms with Gasteiger partial charge in [0.05, 0.1) is 18.7 Å². The molecule has 0 aliphatic carbocycles. The number of ether oxygens (including phenoxy) is 1. The summed E-state index contributed by atoms with van der Waals surface area (Å²) in [4.78, 5) is 13.7. The maximum absolute atomic E-state index is 12.6. The van der Waals surface area contributed by atoms with Crippen LogP contribution in [0.5, 0.6) is 5.75 Å². The van der Waals surface area contributed by atoms with Crippen molar-refractivity contribution in [1.29, 1.82) is 0 Å². The topological polar surface area (TPSA) is 64.4 Å². The Hall–Kier alpha value is -2.60. The van der Waals surface area contributed by atoms with Crippen LogP contribution in [0.15, 0.2) is 52.4 Å². The van der Waals surface area contributed by atoms with Gasteiger partial charge in [0.1, 0.15) is 5.75 Å². The Morgan fingerprint density at radius 3 is 2.72 bits per heavy atom. The molecule has 0 saturated carbocycles. The molecule has 0 fully saturated rings. The molecule has 1 aromatic carbocycles. The summed E-state index contributed by atoms with van der Waals surface area (Å²) in [6.07, 6.45) is 0. The lowest BCUT2D eigenvalue weighted by atomic mass is 10.0. The van der Waals surface area contributed by atoms with Crippen LogP contribution >= 0.6 is 11.3 Å². The minimum atomic E-state index is -0.253. The van der Waals surface area contributed by atoms with E-state index in [9.17, 15) is 4.79 Å². The minimum absolute atomic E-state index is 0.0566. The molecule has 2 heterocycles. The second kappa shape index (κ2) is 7.53. The third-order valence-corrected chi connectivity index (χ3v) is 4.87. The highest BCUT2D eigenvalue weighted by Crippen LogP contribution is 2.30. The van der Waals surface area contributed by atoms with Crippen LogP contribution in [0.4, 0.5) is 0 Å². The fourth-order valence-corrected chi connectivity index (χ4v) is 3.56. The number of thiophene rings is 1. The summed E-state index contributed by atoms with van der Waals surface area (Å²) < 4.78 is 10.7. The highest BCUT2D eigenvalue weighted by Gasteiger charge is 2.22. The molecule has 0 spiro atoms. The second-order valence-corrected chi connectivity index (χ2v) is 6.97. The molecule has 130 valence electrons. The molecule has 0 bridgehead atoms. The first-order valence-electron chi connectivity index (χ1n) is 8.04. The minimum Gasteiger partial charge on any atom is -0.496 e. The van der Waals surface area contributed by atoms with Crippen LogP contribution in [0.2, 0.25) is 0 Å². The van der Waals surface area contributed by atoms with E-state index in [2.05, 4.69) is 24.3 Å². The third-order valence-electron chi connectivity index (χ3n) is 3.92. The first-order chi connectivity index (χ1) is 12.1. The van der Waals surface area contributed by atoms with E-state index in [1.165, 1.54) is 0 Å². The Balaban J connectivity index is 1.81. The molecule has 25 heavy (non-hydrogen) atoms. The van der Waals surface area contributed by atoms with Crippen molar-refractivity contribution in [3.05, 3.63) is 58.4 Å². The Labute approximate surface area is 150 Å². The number of carbonyl (C=O) groups is 1. The normalized spacial score (nSPS) is 12.2. The monoisotopic (exact) mass is 356 g/mol. The SMILES string of the molecule is COc1ccccc1-c1cc(C(=O)N[C@@H](c2cccs2)C(C)C)no1. The number of amides is 1. The van der Waals surface area contributed by atoms with Crippen LogP contribution in [0.1, 0.15) is 35.3 Å². The molecule has 3 aromatic rings. The average molecular weight is 356 g/mol. The Bertz CT molecular complexity index is 840. The molecule has 1 atom stereocenters. The number of hydrogen-bond acceptors (Lipinski definition) is 5. The molecule has 0 unspecified atom stereocenters. The second-order valence-electron chi connectivity index (χ2n) is 5.99. The Kier molecular flexibility index (Phi) is 5.19. The van der Waals surface area contributed by atoms with Gasteiger partial charge in [0.2, 0.25) is 0 Å². The predicted octanol–water partition coefficient (Wildman–Crippen LogP) is 4.54. The van der Waals surface area contributed by atoms with E-state index < -0.39 is 0 Å². The molecule has 2 aromatic heterocycles. The third kappa shape index (κ3) is 3.74. The number of para-hydroxylation sites is 1. The summed E-state index contributed by atoms with van der Waals surface area (Å²) in [5.74, 6) is 1.18. The van der Waals surface area contributed by atoms with Crippen LogP contribution in [0.3, 0.4) is 0 Å². The lowest BCUT2D eigenvalue weighted by Gasteiger charge is -2.20. The molecule has 1 N–H and O–H groups in total. The van der Waals surface area contributed by atoms with Gasteiger partial charge in [-0.2, -0.15) is 0 Å². The van der Waals surface area contributed by atoms with E-state index in [0.29, 0.717) is 11.5 Å². The lowest BCUT2D eigenvalue weighted by molar-refractivity contribution is 0.0917. The number of rotatable bonds is 6.